The Morgan fingerprint density at radius 3 is 2.61 bits per heavy atom. The molecule has 0 saturated carbocycles. The molecule has 1 aliphatic carbocycles. The Kier molecular flexibility index (Phi) is 3.27. The van der Waals surface area contributed by atoms with Gasteiger partial charge in [-0.1, -0.05) is 47.5 Å². The first-order valence-corrected chi connectivity index (χ1v) is 7.03. The van der Waals surface area contributed by atoms with Gasteiger partial charge in [-0.25, -0.2) is 0 Å². The molecule has 0 radical (unpaired) electrons. The summed E-state index contributed by atoms with van der Waals surface area (Å²) in [6.45, 7) is 0. The molecule has 0 heterocycles. The van der Waals surface area contributed by atoms with Crippen LogP contribution in [0.5, 0.6) is 0 Å². The Hall–Kier alpha value is -0.690. The molecule has 0 fully saturated rings. The van der Waals surface area contributed by atoms with E-state index in [1.807, 2.05) is 12.1 Å². The highest BCUT2D eigenvalue weighted by Crippen LogP contribution is 2.48. The summed E-state index contributed by atoms with van der Waals surface area (Å²) in [6, 6.07) is 13.8. The number of rotatable bonds is 2. The molecule has 18 heavy (non-hydrogen) atoms. The molecule has 0 amide bonds. The van der Waals surface area contributed by atoms with E-state index in [0.717, 1.165) is 12.0 Å². The van der Waals surface area contributed by atoms with E-state index < -0.39 is 0 Å². The fourth-order valence-corrected chi connectivity index (χ4v) is 3.38. The molecule has 92 valence electrons. The van der Waals surface area contributed by atoms with Crippen molar-refractivity contribution in [3.8, 4) is 0 Å². The molecule has 3 heteroatoms. The highest BCUT2D eigenvalue weighted by atomic mass is 35.5. The van der Waals surface area contributed by atoms with Crippen molar-refractivity contribution in [3.63, 3.8) is 0 Å². The summed E-state index contributed by atoms with van der Waals surface area (Å²) >= 11 is 18.8. The van der Waals surface area contributed by atoms with Gasteiger partial charge in [0.2, 0.25) is 0 Å². The van der Waals surface area contributed by atoms with Crippen molar-refractivity contribution in [1.82, 2.24) is 0 Å². The summed E-state index contributed by atoms with van der Waals surface area (Å²) < 4.78 is 0. The summed E-state index contributed by atoms with van der Waals surface area (Å²) in [4.78, 5) is 0. The maximum atomic E-state index is 6.57. The fraction of sp³-hybridized carbons (Fsp3) is 0.200. The standard InChI is InChI=1S/C15H11Cl3/c16-10-5-6-14(17)13(8-10)15(18)12-7-9-3-1-2-4-11(9)12/h1-6,8,12,15H,7H2. The second-order valence-corrected chi connectivity index (χ2v) is 5.89. The minimum absolute atomic E-state index is 0.119. The Morgan fingerprint density at radius 1 is 1.06 bits per heavy atom. The highest BCUT2D eigenvalue weighted by Gasteiger charge is 2.33. The molecule has 0 N–H and O–H groups in total. The molecular weight excluding hydrogens is 287 g/mol. The smallest absolute Gasteiger partial charge is 0.0672 e. The van der Waals surface area contributed by atoms with Crippen LogP contribution in [0.3, 0.4) is 0 Å². The summed E-state index contributed by atoms with van der Waals surface area (Å²) in [7, 11) is 0. The lowest BCUT2D eigenvalue weighted by Crippen LogP contribution is -2.21. The van der Waals surface area contributed by atoms with Crippen LogP contribution >= 0.6 is 34.8 Å². The quantitative estimate of drug-likeness (QED) is 0.632. The maximum Gasteiger partial charge on any atom is 0.0672 e. The molecule has 2 aromatic rings. The van der Waals surface area contributed by atoms with Crippen molar-refractivity contribution in [1.29, 1.82) is 0 Å². The molecule has 2 aromatic carbocycles. The summed E-state index contributed by atoms with van der Waals surface area (Å²) in [5, 5.41) is 1.24. The number of hydrogen-bond acceptors (Lipinski definition) is 0. The lowest BCUT2D eigenvalue weighted by atomic mass is 9.74. The van der Waals surface area contributed by atoms with Crippen molar-refractivity contribution >= 4 is 34.8 Å². The van der Waals surface area contributed by atoms with Gasteiger partial charge in [0.05, 0.1) is 5.38 Å². The zero-order valence-corrected chi connectivity index (χ0v) is 11.8. The van der Waals surface area contributed by atoms with Crippen molar-refractivity contribution in [2.24, 2.45) is 0 Å². The lowest BCUT2D eigenvalue weighted by Gasteiger charge is -2.34. The summed E-state index contributed by atoms with van der Waals surface area (Å²) in [5.74, 6) is 0.332. The first kappa shape index (κ1) is 12.3. The van der Waals surface area contributed by atoms with Gasteiger partial charge in [0.15, 0.2) is 0 Å². The second kappa shape index (κ2) is 4.77. The van der Waals surface area contributed by atoms with Gasteiger partial charge in [-0.2, -0.15) is 0 Å². The number of hydrogen-bond donors (Lipinski definition) is 0. The predicted octanol–water partition coefficient (Wildman–Crippen LogP) is 5.61. The number of benzene rings is 2. The van der Waals surface area contributed by atoms with E-state index >= 15 is 0 Å². The molecule has 0 aliphatic heterocycles. The predicted molar refractivity (Wildman–Crippen MR) is 77.9 cm³/mol. The van der Waals surface area contributed by atoms with E-state index in [4.69, 9.17) is 34.8 Å². The Balaban J connectivity index is 1.93. The van der Waals surface area contributed by atoms with Crippen LogP contribution in [0.15, 0.2) is 42.5 Å². The van der Waals surface area contributed by atoms with E-state index in [2.05, 4.69) is 18.2 Å². The third kappa shape index (κ3) is 2.03. The average molecular weight is 298 g/mol. The molecule has 0 bridgehead atoms. The Labute approximate surface area is 121 Å². The Bertz CT molecular complexity index is 592. The molecule has 3 rings (SSSR count). The van der Waals surface area contributed by atoms with Gasteiger partial charge in [-0.15, -0.1) is 11.6 Å². The normalized spacial score (nSPS) is 18.9. The number of alkyl halides is 1. The van der Waals surface area contributed by atoms with Crippen LogP contribution in [0, 0.1) is 0 Å². The largest absolute Gasteiger partial charge is 0.117 e. The van der Waals surface area contributed by atoms with Crippen LogP contribution in [0.4, 0.5) is 0 Å². The van der Waals surface area contributed by atoms with Crippen molar-refractivity contribution in [3.05, 3.63) is 69.2 Å². The monoisotopic (exact) mass is 296 g/mol. The third-order valence-electron chi connectivity index (χ3n) is 3.50. The number of fused-ring (bicyclic) bond motifs is 1. The van der Waals surface area contributed by atoms with E-state index in [-0.39, 0.29) is 5.38 Å². The first-order valence-electron chi connectivity index (χ1n) is 5.83. The van der Waals surface area contributed by atoms with Gasteiger partial charge in [0, 0.05) is 16.0 Å². The number of halogens is 3. The molecule has 2 atom stereocenters. The minimum Gasteiger partial charge on any atom is -0.117 e. The van der Waals surface area contributed by atoms with E-state index in [1.54, 1.807) is 12.1 Å². The zero-order valence-electron chi connectivity index (χ0n) is 9.54. The third-order valence-corrected chi connectivity index (χ3v) is 4.62. The fourth-order valence-electron chi connectivity index (χ4n) is 2.50. The average Bonchev–Trinajstić information content (AvgIpc) is 2.33. The second-order valence-electron chi connectivity index (χ2n) is 4.58. The van der Waals surface area contributed by atoms with Crippen molar-refractivity contribution in [2.45, 2.75) is 17.7 Å². The van der Waals surface area contributed by atoms with E-state index in [9.17, 15) is 0 Å². The van der Waals surface area contributed by atoms with Crippen LogP contribution in [-0.4, -0.2) is 0 Å². The van der Waals surface area contributed by atoms with Gasteiger partial charge < -0.3 is 0 Å². The molecule has 1 aliphatic rings. The van der Waals surface area contributed by atoms with Crippen LogP contribution in [0.1, 0.15) is 28.0 Å². The Morgan fingerprint density at radius 2 is 1.83 bits per heavy atom. The van der Waals surface area contributed by atoms with Crippen LogP contribution < -0.4 is 0 Å². The van der Waals surface area contributed by atoms with Crippen LogP contribution in [-0.2, 0) is 6.42 Å². The minimum atomic E-state index is -0.119. The van der Waals surface area contributed by atoms with Gasteiger partial charge in [-0.3, -0.25) is 0 Å². The topological polar surface area (TPSA) is 0 Å². The maximum absolute atomic E-state index is 6.57. The first-order chi connectivity index (χ1) is 8.66. The van der Waals surface area contributed by atoms with Gasteiger partial charge in [0.25, 0.3) is 0 Å². The lowest BCUT2D eigenvalue weighted by molar-refractivity contribution is 0.587. The molecule has 0 nitrogen and oxygen atoms in total. The molecule has 0 saturated heterocycles. The van der Waals surface area contributed by atoms with Gasteiger partial charge >= 0.3 is 0 Å². The molecule has 0 aromatic heterocycles. The SMILES string of the molecule is Clc1ccc(Cl)c(C(Cl)C2Cc3ccccc32)c1. The zero-order chi connectivity index (χ0) is 12.7. The molecule has 2 unspecified atom stereocenters. The summed E-state index contributed by atoms with van der Waals surface area (Å²) in [6.07, 6.45) is 1.01. The van der Waals surface area contributed by atoms with Crippen LogP contribution in [0.2, 0.25) is 10.0 Å². The molecular formula is C15H11Cl3. The van der Waals surface area contributed by atoms with Gasteiger partial charge in [0.1, 0.15) is 0 Å². The van der Waals surface area contributed by atoms with Crippen molar-refractivity contribution in [2.75, 3.05) is 0 Å². The van der Waals surface area contributed by atoms with Gasteiger partial charge in [-0.05, 0) is 41.3 Å². The van der Waals surface area contributed by atoms with E-state index in [1.165, 1.54) is 11.1 Å². The van der Waals surface area contributed by atoms with Crippen LogP contribution in [0.25, 0.3) is 0 Å². The van der Waals surface area contributed by atoms with Crippen molar-refractivity contribution < 1.29 is 0 Å². The summed E-state index contributed by atoms with van der Waals surface area (Å²) in [5.41, 5.74) is 3.63. The highest BCUT2D eigenvalue weighted by molar-refractivity contribution is 6.34. The van der Waals surface area contributed by atoms with E-state index in [0.29, 0.717) is 16.0 Å². The molecule has 0 spiro atoms.